The quantitative estimate of drug-likeness (QED) is 0.393. The maximum Gasteiger partial charge on any atom is 0.312 e. The topological polar surface area (TPSA) is 65.0 Å². The lowest BCUT2D eigenvalue weighted by atomic mass is 9.84. The summed E-state index contributed by atoms with van der Waals surface area (Å²) in [5.74, 6) is 0.245. The number of carbonyl (C=O) groups excluding carboxylic acids is 1. The first-order chi connectivity index (χ1) is 11.8. The first-order valence-corrected chi connectivity index (χ1v) is 8.34. The third-order valence-corrected chi connectivity index (χ3v) is 4.97. The summed E-state index contributed by atoms with van der Waals surface area (Å²) in [6, 6.07) is 13.6. The van der Waals surface area contributed by atoms with Gasteiger partial charge < -0.3 is 4.74 Å². The monoisotopic (exact) mass is 333 g/mol. The van der Waals surface area contributed by atoms with E-state index in [0.29, 0.717) is 5.75 Å². The minimum absolute atomic E-state index is 0.109. The molecule has 0 bridgehead atoms. The summed E-state index contributed by atoms with van der Waals surface area (Å²) in [6.07, 6.45) is 2.08. The van der Waals surface area contributed by atoms with Gasteiger partial charge in [-0.05, 0) is 29.8 Å². The van der Waals surface area contributed by atoms with Gasteiger partial charge in [-0.1, -0.05) is 18.2 Å². The smallest absolute Gasteiger partial charge is 0.312 e. The van der Waals surface area contributed by atoms with Crippen molar-refractivity contribution in [1.82, 2.24) is 13.7 Å². The molecule has 0 aliphatic carbocycles. The molecule has 0 spiro atoms. The van der Waals surface area contributed by atoms with E-state index in [4.69, 9.17) is 4.74 Å². The largest absolute Gasteiger partial charge is 0.426 e. The third-order valence-electron chi connectivity index (χ3n) is 4.43. The zero-order chi connectivity index (χ0) is 16.1. The summed E-state index contributed by atoms with van der Waals surface area (Å²) in [5.41, 5.74) is 4.58. The van der Waals surface area contributed by atoms with Gasteiger partial charge in [-0.15, -0.1) is 0 Å². The highest BCUT2D eigenvalue weighted by Gasteiger charge is 2.32. The van der Waals surface area contributed by atoms with Gasteiger partial charge in [-0.25, -0.2) is 0 Å². The van der Waals surface area contributed by atoms with Crippen LogP contribution >= 0.6 is 11.7 Å². The number of para-hydroxylation sites is 1. The van der Waals surface area contributed by atoms with E-state index in [1.54, 1.807) is 6.20 Å². The lowest BCUT2D eigenvalue weighted by Crippen LogP contribution is -2.21. The van der Waals surface area contributed by atoms with Crippen molar-refractivity contribution in [2.24, 2.45) is 0 Å². The predicted molar refractivity (Wildman–Crippen MR) is 91.3 cm³/mol. The van der Waals surface area contributed by atoms with Gasteiger partial charge in [0.2, 0.25) is 0 Å². The van der Waals surface area contributed by atoms with E-state index < -0.39 is 0 Å². The zero-order valence-corrected chi connectivity index (χ0v) is 13.3. The van der Waals surface area contributed by atoms with Gasteiger partial charge >= 0.3 is 5.97 Å². The molecule has 6 heteroatoms. The van der Waals surface area contributed by atoms with Crippen LogP contribution in [0.4, 0.5) is 0 Å². The number of nitrogens with zero attached hydrogens (tertiary/aromatic N) is 3. The van der Waals surface area contributed by atoms with E-state index in [-0.39, 0.29) is 18.3 Å². The lowest BCUT2D eigenvalue weighted by molar-refractivity contribution is -0.135. The van der Waals surface area contributed by atoms with Crippen molar-refractivity contribution >= 4 is 39.6 Å². The molecule has 0 fully saturated rings. The van der Waals surface area contributed by atoms with E-state index in [1.165, 1.54) is 11.7 Å². The maximum absolute atomic E-state index is 12.1. The summed E-state index contributed by atoms with van der Waals surface area (Å²) in [7, 11) is 0. The molecule has 2 aromatic carbocycles. The van der Waals surface area contributed by atoms with E-state index in [0.717, 1.165) is 33.1 Å². The summed E-state index contributed by atoms with van der Waals surface area (Å²) in [6.45, 7) is 0. The molecule has 5 rings (SSSR count). The van der Waals surface area contributed by atoms with Gasteiger partial charge in [-0.2, -0.15) is 8.75 Å². The van der Waals surface area contributed by atoms with Crippen molar-refractivity contribution in [3.05, 3.63) is 59.8 Å². The van der Waals surface area contributed by atoms with Crippen LogP contribution in [0.25, 0.3) is 21.9 Å². The number of hydrogen-bond donors (Lipinski definition) is 0. The number of carbonyl (C=O) groups is 1. The van der Waals surface area contributed by atoms with E-state index in [2.05, 4.69) is 13.7 Å². The van der Waals surface area contributed by atoms with E-state index in [9.17, 15) is 4.79 Å². The average molecular weight is 333 g/mol. The van der Waals surface area contributed by atoms with Crippen LogP contribution < -0.4 is 4.74 Å². The highest BCUT2D eigenvalue weighted by Crippen LogP contribution is 2.43. The van der Waals surface area contributed by atoms with Crippen LogP contribution in [-0.2, 0) is 4.79 Å². The maximum atomic E-state index is 12.1. The normalized spacial score (nSPS) is 17.0. The molecule has 1 atom stereocenters. The Labute approximate surface area is 141 Å². The molecule has 0 saturated heterocycles. The molecule has 1 aliphatic heterocycles. The molecule has 1 aliphatic rings. The van der Waals surface area contributed by atoms with Crippen molar-refractivity contribution in [2.45, 2.75) is 12.3 Å². The molecule has 0 radical (unpaired) electrons. The molecular weight excluding hydrogens is 322 g/mol. The first kappa shape index (κ1) is 13.6. The fourth-order valence-corrected chi connectivity index (χ4v) is 3.95. The van der Waals surface area contributed by atoms with E-state index in [1.807, 2.05) is 42.5 Å². The van der Waals surface area contributed by atoms with Gasteiger partial charge in [0.1, 0.15) is 16.8 Å². The summed E-state index contributed by atoms with van der Waals surface area (Å²) in [4.78, 5) is 16.6. The first-order valence-electron chi connectivity index (χ1n) is 7.61. The highest BCUT2D eigenvalue weighted by molar-refractivity contribution is 7.00. The van der Waals surface area contributed by atoms with Crippen molar-refractivity contribution in [3.8, 4) is 5.75 Å². The van der Waals surface area contributed by atoms with Crippen LogP contribution in [0, 0.1) is 0 Å². The number of rotatable bonds is 1. The number of esters is 1. The molecule has 24 heavy (non-hydrogen) atoms. The van der Waals surface area contributed by atoms with Crippen LogP contribution in [0.15, 0.2) is 48.7 Å². The molecule has 5 nitrogen and oxygen atoms in total. The second kappa shape index (κ2) is 5.07. The van der Waals surface area contributed by atoms with Crippen LogP contribution in [0.5, 0.6) is 5.75 Å². The Morgan fingerprint density at radius 2 is 1.96 bits per heavy atom. The second-order valence-electron chi connectivity index (χ2n) is 5.76. The molecular formula is C18H11N3O2S. The van der Waals surface area contributed by atoms with Gasteiger partial charge in [-0.3, -0.25) is 9.78 Å². The zero-order valence-electron chi connectivity index (χ0n) is 12.5. The number of hydrogen-bond acceptors (Lipinski definition) is 6. The van der Waals surface area contributed by atoms with Crippen LogP contribution in [0.1, 0.15) is 23.5 Å². The minimum Gasteiger partial charge on any atom is -0.426 e. The van der Waals surface area contributed by atoms with Crippen LogP contribution in [0.3, 0.4) is 0 Å². The fraction of sp³-hybridized carbons (Fsp3) is 0.111. The Hall–Kier alpha value is -2.86. The van der Waals surface area contributed by atoms with Gasteiger partial charge in [0, 0.05) is 23.1 Å². The predicted octanol–water partition coefficient (Wildman–Crippen LogP) is 3.68. The second-order valence-corrected chi connectivity index (χ2v) is 6.29. The Bertz CT molecular complexity index is 1100. The number of fused-ring (bicyclic) bond motifs is 4. The van der Waals surface area contributed by atoms with Crippen molar-refractivity contribution in [1.29, 1.82) is 0 Å². The highest BCUT2D eigenvalue weighted by atomic mass is 32.1. The fourth-order valence-electron chi connectivity index (χ4n) is 3.40. The summed E-state index contributed by atoms with van der Waals surface area (Å²) in [5, 5.41) is 1.05. The standard InChI is InChI=1S/C18H11N3O2S/c22-16-9-12(10-7-8-19-13-4-2-1-3-11(10)13)17-15(23-16)6-5-14-18(17)21-24-20-14/h1-8,12H,9H2/t12-/m0/s1. The van der Waals surface area contributed by atoms with Gasteiger partial charge in [0.25, 0.3) is 0 Å². The molecule has 0 amide bonds. The van der Waals surface area contributed by atoms with Crippen molar-refractivity contribution < 1.29 is 9.53 Å². The number of benzene rings is 2. The molecule has 0 N–H and O–H groups in total. The lowest BCUT2D eigenvalue weighted by Gasteiger charge is -2.25. The van der Waals surface area contributed by atoms with Crippen LogP contribution in [-0.4, -0.2) is 19.7 Å². The summed E-state index contributed by atoms with van der Waals surface area (Å²) >= 11 is 1.17. The van der Waals surface area contributed by atoms with Crippen LogP contribution in [0.2, 0.25) is 0 Å². The van der Waals surface area contributed by atoms with E-state index >= 15 is 0 Å². The molecule has 0 unspecified atom stereocenters. The van der Waals surface area contributed by atoms with Crippen molar-refractivity contribution in [2.75, 3.05) is 0 Å². The SMILES string of the molecule is O=C1C[C@@H](c2ccnc3ccccc23)c2c(ccc3nsnc23)O1. The Morgan fingerprint density at radius 1 is 1.04 bits per heavy atom. The number of ether oxygens (including phenoxy) is 1. The number of aromatic nitrogens is 3. The third kappa shape index (κ3) is 1.93. The molecule has 116 valence electrons. The Balaban J connectivity index is 1.83. The molecule has 2 aromatic heterocycles. The molecule has 0 saturated carbocycles. The molecule has 3 heterocycles. The van der Waals surface area contributed by atoms with Gasteiger partial charge in [0.05, 0.1) is 23.7 Å². The summed E-state index contributed by atoms with van der Waals surface area (Å²) < 4.78 is 14.2. The average Bonchev–Trinajstić information content (AvgIpc) is 3.09. The Morgan fingerprint density at radius 3 is 2.92 bits per heavy atom. The van der Waals surface area contributed by atoms with Gasteiger partial charge in [0.15, 0.2) is 0 Å². The Kier molecular flexibility index (Phi) is 2.87. The number of pyridine rings is 1. The minimum atomic E-state index is -0.226. The van der Waals surface area contributed by atoms with Crippen molar-refractivity contribution in [3.63, 3.8) is 0 Å². The molecule has 4 aromatic rings.